The van der Waals surface area contributed by atoms with Crippen LogP contribution in [-0.4, -0.2) is 22.4 Å². The van der Waals surface area contributed by atoms with Gasteiger partial charge in [0.15, 0.2) is 0 Å². The Bertz CT molecular complexity index is 1020. The lowest BCUT2D eigenvalue weighted by atomic mass is 10.1. The van der Waals surface area contributed by atoms with E-state index in [9.17, 15) is 4.79 Å². The predicted octanol–water partition coefficient (Wildman–Crippen LogP) is 4.28. The Morgan fingerprint density at radius 3 is 2.48 bits per heavy atom. The largest absolute Gasteiger partial charge is 0.355 e. The van der Waals surface area contributed by atoms with E-state index in [0.29, 0.717) is 18.5 Å². The van der Waals surface area contributed by atoms with Crippen molar-refractivity contribution in [1.82, 2.24) is 15.3 Å². The van der Waals surface area contributed by atoms with E-state index in [1.807, 2.05) is 78.9 Å². The van der Waals surface area contributed by atoms with Crippen molar-refractivity contribution >= 4 is 28.3 Å². The van der Waals surface area contributed by atoms with Crippen LogP contribution in [0.5, 0.6) is 0 Å². The standard InChI is InChI=1S/C22H20N4O/c27-22(23-15-14-21-25-19-12-6-7-13-20(19)26-21)17-10-4-5-11-18(17)24-16-8-2-1-3-9-16/h1-13,24H,14-15H2,(H,23,27)(H,25,26). The summed E-state index contributed by atoms with van der Waals surface area (Å²) in [6.07, 6.45) is 0.648. The number of aromatic nitrogens is 2. The number of aromatic amines is 1. The Labute approximate surface area is 157 Å². The molecule has 0 aliphatic rings. The van der Waals surface area contributed by atoms with Crippen molar-refractivity contribution in [2.24, 2.45) is 0 Å². The first-order valence-corrected chi connectivity index (χ1v) is 8.92. The molecule has 1 aromatic heterocycles. The highest BCUT2D eigenvalue weighted by Crippen LogP contribution is 2.20. The molecular formula is C22H20N4O. The van der Waals surface area contributed by atoms with Crippen molar-refractivity contribution in [3.8, 4) is 0 Å². The van der Waals surface area contributed by atoms with Crippen LogP contribution in [0, 0.1) is 0 Å². The Hall–Kier alpha value is -3.60. The second-order valence-electron chi connectivity index (χ2n) is 6.24. The third-order valence-corrected chi connectivity index (χ3v) is 4.31. The number of carbonyl (C=O) groups excluding carboxylic acids is 1. The molecule has 1 amide bonds. The molecule has 0 saturated carbocycles. The molecular weight excluding hydrogens is 336 g/mol. The SMILES string of the molecule is O=C(NCCc1nc2ccccc2[nH]1)c1ccccc1Nc1ccccc1. The Morgan fingerprint density at radius 2 is 1.63 bits per heavy atom. The fourth-order valence-electron chi connectivity index (χ4n) is 2.98. The van der Waals surface area contributed by atoms with E-state index < -0.39 is 0 Å². The number of anilines is 2. The molecule has 5 nitrogen and oxygen atoms in total. The highest BCUT2D eigenvalue weighted by Gasteiger charge is 2.11. The van der Waals surface area contributed by atoms with Gasteiger partial charge in [-0.1, -0.05) is 42.5 Å². The molecule has 1 heterocycles. The summed E-state index contributed by atoms with van der Waals surface area (Å²) < 4.78 is 0. The lowest BCUT2D eigenvalue weighted by Gasteiger charge is -2.12. The fraction of sp³-hybridized carbons (Fsp3) is 0.0909. The number of benzene rings is 3. The summed E-state index contributed by atoms with van der Waals surface area (Å²) in [5.41, 5.74) is 4.29. The number of nitrogens with one attached hydrogen (secondary N) is 3. The summed E-state index contributed by atoms with van der Waals surface area (Å²) >= 11 is 0. The highest BCUT2D eigenvalue weighted by molar-refractivity contribution is 6.00. The molecule has 0 atom stereocenters. The molecule has 0 aliphatic heterocycles. The van der Waals surface area contributed by atoms with Crippen LogP contribution in [0.1, 0.15) is 16.2 Å². The highest BCUT2D eigenvalue weighted by atomic mass is 16.1. The number of H-pyrrole nitrogens is 1. The van der Waals surface area contributed by atoms with Gasteiger partial charge in [-0.05, 0) is 36.4 Å². The number of imidazole rings is 1. The molecule has 4 rings (SSSR count). The van der Waals surface area contributed by atoms with E-state index in [4.69, 9.17) is 0 Å². The first-order valence-electron chi connectivity index (χ1n) is 8.92. The number of carbonyl (C=O) groups is 1. The quantitative estimate of drug-likeness (QED) is 0.483. The lowest BCUT2D eigenvalue weighted by Crippen LogP contribution is -2.26. The summed E-state index contributed by atoms with van der Waals surface area (Å²) in [5, 5.41) is 6.28. The minimum atomic E-state index is -0.106. The summed E-state index contributed by atoms with van der Waals surface area (Å²) in [4.78, 5) is 20.5. The molecule has 0 saturated heterocycles. The topological polar surface area (TPSA) is 69.8 Å². The van der Waals surface area contributed by atoms with Gasteiger partial charge < -0.3 is 15.6 Å². The van der Waals surface area contributed by atoms with Crippen LogP contribution in [0.3, 0.4) is 0 Å². The second kappa shape index (κ2) is 7.74. The maximum absolute atomic E-state index is 12.6. The minimum absolute atomic E-state index is 0.106. The van der Waals surface area contributed by atoms with Crippen molar-refractivity contribution in [3.63, 3.8) is 0 Å². The van der Waals surface area contributed by atoms with E-state index in [0.717, 1.165) is 28.2 Å². The smallest absolute Gasteiger partial charge is 0.253 e. The normalized spacial score (nSPS) is 10.7. The van der Waals surface area contributed by atoms with Gasteiger partial charge in [-0.2, -0.15) is 0 Å². The van der Waals surface area contributed by atoms with Crippen LogP contribution < -0.4 is 10.6 Å². The first-order chi connectivity index (χ1) is 13.3. The Morgan fingerprint density at radius 1 is 0.889 bits per heavy atom. The van der Waals surface area contributed by atoms with Crippen LogP contribution >= 0.6 is 0 Å². The molecule has 27 heavy (non-hydrogen) atoms. The molecule has 5 heteroatoms. The number of amides is 1. The molecule has 134 valence electrons. The molecule has 0 fully saturated rings. The average molecular weight is 356 g/mol. The third-order valence-electron chi connectivity index (χ3n) is 4.31. The molecule has 3 N–H and O–H groups in total. The number of nitrogens with zero attached hydrogens (tertiary/aromatic N) is 1. The zero-order valence-corrected chi connectivity index (χ0v) is 14.8. The van der Waals surface area contributed by atoms with Gasteiger partial charge >= 0.3 is 0 Å². The van der Waals surface area contributed by atoms with Crippen LogP contribution in [-0.2, 0) is 6.42 Å². The predicted molar refractivity (Wildman–Crippen MR) is 108 cm³/mol. The summed E-state index contributed by atoms with van der Waals surface area (Å²) in [6.45, 7) is 0.512. The van der Waals surface area contributed by atoms with Gasteiger partial charge in [0.25, 0.3) is 5.91 Å². The van der Waals surface area contributed by atoms with Crippen molar-refractivity contribution < 1.29 is 4.79 Å². The zero-order chi connectivity index (χ0) is 18.5. The fourth-order valence-corrected chi connectivity index (χ4v) is 2.98. The minimum Gasteiger partial charge on any atom is -0.355 e. The van der Waals surface area contributed by atoms with Gasteiger partial charge in [0.05, 0.1) is 22.3 Å². The molecule has 3 aromatic carbocycles. The van der Waals surface area contributed by atoms with Crippen LogP contribution in [0.4, 0.5) is 11.4 Å². The van der Waals surface area contributed by atoms with E-state index >= 15 is 0 Å². The van der Waals surface area contributed by atoms with Gasteiger partial charge in [0.2, 0.25) is 0 Å². The first kappa shape index (κ1) is 16.8. The average Bonchev–Trinajstić information content (AvgIpc) is 3.12. The van der Waals surface area contributed by atoms with Gasteiger partial charge in [-0.25, -0.2) is 4.98 Å². The maximum atomic E-state index is 12.6. The molecule has 0 spiro atoms. The van der Waals surface area contributed by atoms with E-state index in [2.05, 4.69) is 20.6 Å². The Balaban J connectivity index is 1.41. The third kappa shape index (κ3) is 3.98. The molecule has 0 bridgehead atoms. The Kier molecular flexibility index (Phi) is 4.83. The summed E-state index contributed by atoms with van der Waals surface area (Å²) in [6, 6.07) is 25.2. The zero-order valence-electron chi connectivity index (χ0n) is 14.8. The van der Waals surface area contributed by atoms with Gasteiger partial charge in [-0.15, -0.1) is 0 Å². The summed E-state index contributed by atoms with van der Waals surface area (Å²) in [7, 11) is 0. The van der Waals surface area contributed by atoms with Crippen molar-refractivity contribution in [2.75, 3.05) is 11.9 Å². The van der Waals surface area contributed by atoms with Crippen molar-refractivity contribution in [3.05, 3.63) is 90.3 Å². The van der Waals surface area contributed by atoms with E-state index in [-0.39, 0.29) is 5.91 Å². The maximum Gasteiger partial charge on any atom is 0.253 e. The molecule has 0 unspecified atom stereocenters. The van der Waals surface area contributed by atoms with Crippen molar-refractivity contribution in [2.45, 2.75) is 6.42 Å². The number of hydrogen-bond donors (Lipinski definition) is 3. The van der Waals surface area contributed by atoms with Gasteiger partial charge in [-0.3, -0.25) is 4.79 Å². The monoisotopic (exact) mass is 356 g/mol. The van der Waals surface area contributed by atoms with E-state index in [1.54, 1.807) is 0 Å². The number of rotatable bonds is 6. The van der Waals surface area contributed by atoms with E-state index in [1.165, 1.54) is 0 Å². The van der Waals surface area contributed by atoms with Crippen LogP contribution in [0.15, 0.2) is 78.9 Å². The van der Waals surface area contributed by atoms with Crippen molar-refractivity contribution in [1.29, 1.82) is 0 Å². The van der Waals surface area contributed by atoms with Gasteiger partial charge in [0, 0.05) is 18.7 Å². The van der Waals surface area contributed by atoms with Crippen LogP contribution in [0.25, 0.3) is 11.0 Å². The van der Waals surface area contributed by atoms with Gasteiger partial charge in [0.1, 0.15) is 5.82 Å². The molecule has 0 radical (unpaired) electrons. The second-order valence-corrected chi connectivity index (χ2v) is 6.24. The molecule has 0 aliphatic carbocycles. The number of hydrogen-bond acceptors (Lipinski definition) is 3. The number of para-hydroxylation sites is 4. The van der Waals surface area contributed by atoms with Crippen LogP contribution in [0.2, 0.25) is 0 Å². The lowest BCUT2D eigenvalue weighted by molar-refractivity contribution is 0.0955. The molecule has 4 aromatic rings. The number of fused-ring (bicyclic) bond motifs is 1. The summed E-state index contributed by atoms with van der Waals surface area (Å²) in [5.74, 6) is 0.761.